The molecular weight excluding hydrogens is 380 g/mol. The van der Waals surface area contributed by atoms with Crippen LogP contribution in [0.2, 0.25) is 0 Å². The summed E-state index contributed by atoms with van der Waals surface area (Å²) in [6.45, 7) is 6.69. The molecule has 0 bridgehead atoms. The third-order valence-electron chi connectivity index (χ3n) is 5.00. The van der Waals surface area contributed by atoms with Gasteiger partial charge in [-0.2, -0.15) is 0 Å². The standard InChI is InChI=1S/C23H24N4O3/c1-15-4-9-22-25-19(13-27(22)12-15)10-11-24-23(28)18-5-7-20(8-6-18)29-14-21-16(2)26-30-17(21)3/h4-9,12-13H,10-11,14H2,1-3H3,(H,24,28). The number of hydrogen-bond acceptors (Lipinski definition) is 5. The maximum absolute atomic E-state index is 12.4. The maximum atomic E-state index is 12.4. The van der Waals surface area contributed by atoms with Crippen LogP contribution in [0.15, 0.2) is 53.3 Å². The second kappa shape index (κ2) is 8.41. The molecule has 1 amide bonds. The van der Waals surface area contributed by atoms with Crippen molar-refractivity contribution in [2.45, 2.75) is 33.8 Å². The van der Waals surface area contributed by atoms with Crippen LogP contribution in [-0.4, -0.2) is 27.0 Å². The van der Waals surface area contributed by atoms with E-state index in [0.29, 0.717) is 30.9 Å². The predicted octanol–water partition coefficient (Wildman–Crippen LogP) is 3.80. The molecule has 1 aromatic carbocycles. The maximum Gasteiger partial charge on any atom is 0.251 e. The third kappa shape index (κ3) is 4.35. The average Bonchev–Trinajstić information content (AvgIpc) is 3.28. The molecule has 30 heavy (non-hydrogen) atoms. The van der Waals surface area contributed by atoms with Gasteiger partial charge in [-0.25, -0.2) is 4.98 Å². The van der Waals surface area contributed by atoms with E-state index in [2.05, 4.69) is 15.5 Å². The van der Waals surface area contributed by atoms with E-state index in [1.807, 2.05) is 49.7 Å². The predicted molar refractivity (Wildman–Crippen MR) is 113 cm³/mol. The van der Waals surface area contributed by atoms with Gasteiger partial charge < -0.3 is 19.0 Å². The van der Waals surface area contributed by atoms with E-state index in [1.54, 1.807) is 24.3 Å². The van der Waals surface area contributed by atoms with E-state index >= 15 is 0 Å². The number of amides is 1. The summed E-state index contributed by atoms with van der Waals surface area (Å²) in [7, 11) is 0. The Kier molecular flexibility index (Phi) is 5.52. The van der Waals surface area contributed by atoms with Crippen molar-refractivity contribution < 1.29 is 14.1 Å². The molecule has 0 fully saturated rings. The number of carbonyl (C=O) groups is 1. The van der Waals surface area contributed by atoms with Gasteiger partial charge in [0, 0.05) is 30.9 Å². The Bertz CT molecular complexity index is 1160. The first-order valence-corrected chi connectivity index (χ1v) is 9.86. The Balaban J connectivity index is 1.29. The van der Waals surface area contributed by atoms with Gasteiger partial charge in [-0.05, 0) is 56.7 Å². The summed E-state index contributed by atoms with van der Waals surface area (Å²) in [4.78, 5) is 17.0. The van der Waals surface area contributed by atoms with Crippen LogP contribution in [0.1, 0.15) is 38.6 Å². The van der Waals surface area contributed by atoms with Crippen molar-refractivity contribution in [2.75, 3.05) is 6.54 Å². The van der Waals surface area contributed by atoms with E-state index in [9.17, 15) is 4.79 Å². The van der Waals surface area contributed by atoms with E-state index in [0.717, 1.165) is 28.4 Å². The molecule has 0 radical (unpaired) electrons. The van der Waals surface area contributed by atoms with Gasteiger partial charge in [-0.15, -0.1) is 0 Å². The van der Waals surface area contributed by atoms with Crippen molar-refractivity contribution in [3.63, 3.8) is 0 Å². The topological polar surface area (TPSA) is 81.7 Å². The summed E-state index contributed by atoms with van der Waals surface area (Å²) in [6, 6.07) is 11.1. The molecule has 0 spiro atoms. The van der Waals surface area contributed by atoms with Crippen molar-refractivity contribution in [3.8, 4) is 5.75 Å². The van der Waals surface area contributed by atoms with Gasteiger partial charge in [-0.1, -0.05) is 11.2 Å². The number of ether oxygens (including phenoxy) is 1. The second-order valence-corrected chi connectivity index (χ2v) is 7.33. The summed E-state index contributed by atoms with van der Waals surface area (Å²) in [5, 5.41) is 6.86. The third-order valence-corrected chi connectivity index (χ3v) is 5.00. The summed E-state index contributed by atoms with van der Waals surface area (Å²) < 4.78 is 12.9. The second-order valence-electron chi connectivity index (χ2n) is 7.33. The molecule has 1 N–H and O–H groups in total. The Morgan fingerprint density at radius 2 is 1.90 bits per heavy atom. The van der Waals surface area contributed by atoms with Gasteiger partial charge in [0.2, 0.25) is 0 Å². The van der Waals surface area contributed by atoms with Gasteiger partial charge in [-0.3, -0.25) is 4.79 Å². The summed E-state index contributed by atoms with van der Waals surface area (Å²) >= 11 is 0. The van der Waals surface area contributed by atoms with E-state index in [1.165, 1.54) is 5.56 Å². The first-order valence-electron chi connectivity index (χ1n) is 9.86. The lowest BCUT2D eigenvalue weighted by Gasteiger charge is -2.08. The van der Waals surface area contributed by atoms with E-state index < -0.39 is 0 Å². The van der Waals surface area contributed by atoms with E-state index in [4.69, 9.17) is 9.26 Å². The zero-order chi connectivity index (χ0) is 21.1. The summed E-state index contributed by atoms with van der Waals surface area (Å²) in [5.74, 6) is 1.32. The number of aromatic nitrogens is 3. The van der Waals surface area contributed by atoms with Crippen molar-refractivity contribution >= 4 is 11.6 Å². The first kappa shape index (κ1) is 19.7. The summed E-state index contributed by atoms with van der Waals surface area (Å²) in [5.41, 5.74) is 5.39. The minimum absolute atomic E-state index is 0.119. The molecule has 3 heterocycles. The van der Waals surface area contributed by atoms with Crippen LogP contribution >= 0.6 is 0 Å². The highest BCUT2D eigenvalue weighted by molar-refractivity contribution is 5.94. The van der Waals surface area contributed by atoms with Crippen LogP contribution in [0.4, 0.5) is 0 Å². The zero-order valence-electron chi connectivity index (χ0n) is 17.3. The van der Waals surface area contributed by atoms with Crippen molar-refractivity contribution in [1.29, 1.82) is 0 Å². The number of aryl methyl sites for hydroxylation is 3. The van der Waals surface area contributed by atoms with Crippen LogP contribution in [-0.2, 0) is 13.0 Å². The highest BCUT2D eigenvalue weighted by Gasteiger charge is 2.10. The van der Waals surface area contributed by atoms with Gasteiger partial charge in [0.15, 0.2) is 0 Å². The number of pyridine rings is 1. The van der Waals surface area contributed by atoms with Crippen LogP contribution in [0, 0.1) is 20.8 Å². The van der Waals surface area contributed by atoms with Gasteiger partial charge in [0.05, 0.1) is 17.0 Å². The largest absolute Gasteiger partial charge is 0.489 e. The number of carbonyl (C=O) groups excluding carboxylic acids is 1. The fraction of sp³-hybridized carbons (Fsp3) is 0.261. The Morgan fingerprint density at radius 3 is 2.63 bits per heavy atom. The Hall–Kier alpha value is -3.61. The molecule has 0 saturated carbocycles. The number of benzene rings is 1. The minimum Gasteiger partial charge on any atom is -0.489 e. The van der Waals surface area contributed by atoms with Crippen LogP contribution < -0.4 is 10.1 Å². The Morgan fingerprint density at radius 1 is 1.10 bits per heavy atom. The highest BCUT2D eigenvalue weighted by Crippen LogP contribution is 2.18. The van der Waals surface area contributed by atoms with Crippen molar-refractivity contribution in [3.05, 3.63) is 82.6 Å². The molecule has 154 valence electrons. The molecule has 0 saturated heterocycles. The first-order chi connectivity index (χ1) is 14.5. The summed E-state index contributed by atoms with van der Waals surface area (Å²) in [6.07, 6.45) is 4.71. The molecule has 3 aromatic heterocycles. The quantitative estimate of drug-likeness (QED) is 0.507. The monoisotopic (exact) mass is 404 g/mol. The number of rotatable bonds is 7. The molecule has 4 aromatic rings. The fourth-order valence-electron chi connectivity index (χ4n) is 3.25. The zero-order valence-corrected chi connectivity index (χ0v) is 17.3. The molecular formula is C23H24N4O3. The molecule has 0 aliphatic carbocycles. The lowest BCUT2D eigenvalue weighted by atomic mass is 10.2. The smallest absolute Gasteiger partial charge is 0.251 e. The van der Waals surface area contributed by atoms with E-state index in [-0.39, 0.29) is 5.91 Å². The SMILES string of the molecule is Cc1ccc2nc(CCNC(=O)c3ccc(OCc4c(C)noc4C)cc3)cn2c1. The fourth-order valence-corrected chi connectivity index (χ4v) is 3.25. The lowest BCUT2D eigenvalue weighted by Crippen LogP contribution is -2.25. The average molecular weight is 404 g/mol. The molecule has 0 unspecified atom stereocenters. The molecule has 0 aliphatic rings. The van der Waals surface area contributed by atoms with Crippen molar-refractivity contribution in [1.82, 2.24) is 19.9 Å². The number of nitrogens with zero attached hydrogens (tertiary/aromatic N) is 3. The lowest BCUT2D eigenvalue weighted by molar-refractivity contribution is 0.0954. The van der Waals surface area contributed by atoms with Crippen LogP contribution in [0.5, 0.6) is 5.75 Å². The van der Waals surface area contributed by atoms with Crippen LogP contribution in [0.3, 0.4) is 0 Å². The van der Waals surface area contributed by atoms with Gasteiger partial charge in [0.25, 0.3) is 5.91 Å². The minimum atomic E-state index is -0.119. The van der Waals surface area contributed by atoms with Gasteiger partial charge in [0.1, 0.15) is 23.8 Å². The molecule has 7 nitrogen and oxygen atoms in total. The van der Waals surface area contributed by atoms with Crippen LogP contribution in [0.25, 0.3) is 5.65 Å². The molecule has 4 rings (SSSR count). The molecule has 0 aliphatic heterocycles. The highest BCUT2D eigenvalue weighted by atomic mass is 16.5. The Labute approximate surface area is 174 Å². The number of imidazole rings is 1. The number of hydrogen-bond donors (Lipinski definition) is 1. The van der Waals surface area contributed by atoms with Crippen molar-refractivity contribution in [2.24, 2.45) is 0 Å². The normalized spacial score (nSPS) is 11.0. The number of fused-ring (bicyclic) bond motifs is 1. The number of nitrogens with one attached hydrogen (secondary N) is 1. The molecule has 0 atom stereocenters. The van der Waals surface area contributed by atoms with Gasteiger partial charge >= 0.3 is 0 Å². The molecule has 7 heteroatoms.